The Kier molecular flexibility index (Phi) is 8.51. The zero-order valence-corrected chi connectivity index (χ0v) is 21.2. The van der Waals surface area contributed by atoms with Gasteiger partial charge in [-0.15, -0.1) is 0 Å². The van der Waals surface area contributed by atoms with E-state index < -0.39 is 12.0 Å². The average Bonchev–Trinajstić information content (AvgIpc) is 3.32. The van der Waals surface area contributed by atoms with E-state index in [1.807, 2.05) is 24.3 Å². The fourth-order valence-electron chi connectivity index (χ4n) is 5.46. The van der Waals surface area contributed by atoms with Crippen LogP contribution in [0, 0.1) is 0 Å². The molecule has 0 bridgehead atoms. The van der Waals surface area contributed by atoms with E-state index in [4.69, 9.17) is 14.5 Å². The van der Waals surface area contributed by atoms with Gasteiger partial charge in [-0.05, 0) is 81.0 Å². The Morgan fingerprint density at radius 3 is 2.81 bits per heavy atom. The number of unbranched alkanes of at least 4 members (excludes halogenated alkanes) is 1. The Labute approximate surface area is 214 Å². The van der Waals surface area contributed by atoms with Crippen LogP contribution in [0.15, 0.2) is 36.4 Å². The number of likely N-dealkylation sites (tertiary alicyclic amines) is 1. The van der Waals surface area contributed by atoms with Gasteiger partial charge >= 0.3 is 5.97 Å². The molecule has 3 heterocycles. The van der Waals surface area contributed by atoms with Crippen molar-refractivity contribution in [3.8, 4) is 0 Å². The summed E-state index contributed by atoms with van der Waals surface area (Å²) >= 11 is 0. The smallest absolute Gasteiger partial charge is 0.325 e. The normalized spacial score (nSPS) is 20.9. The van der Waals surface area contributed by atoms with Gasteiger partial charge in [0.05, 0.1) is 30.2 Å². The molecule has 2 aliphatic heterocycles. The van der Waals surface area contributed by atoms with Crippen molar-refractivity contribution in [2.75, 3.05) is 31.6 Å². The number of aliphatic carboxylic acids is 1. The Bertz CT molecular complexity index is 1030. The number of pyridine rings is 1. The number of aryl methyl sites for hydroxylation is 2. The van der Waals surface area contributed by atoms with Gasteiger partial charge < -0.3 is 19.9 Å². The molecule has 3 aliphatic rings. The Balaban J connectivity index is 1.08. The van der Waals surface area contributed by atoms with E-state index >= 15 is 0 Å². The van der Waals surface area contributed by atoms with Gasteiger partial charge in [0.2, 0.25) is 0 Å². The van der Waals surface area contributed by atoms with Crippen LogP contribution in [0.3, 0.4) is 0 Å². The van der Waals surface area contributed by atoms with E-state index in [-0.39, 0.29) is 6.10 Å². The van der Waals surface area contributed by atoms with Crippen LogP contribution in [0.5, 0.6) is 0 Å². The molecule has 1 unspecified atom stereocenters. The maximum atomic E-state index is 12.3. The summed E-state index contributed by atoms with van der Waals surface area (Å²) in [5.74, 6) is -0.806. The maximum Gasteiger partial charge on any atom is 0.325 e. The lowest BCUT2D eigenvalue weighted by molar-refractivity contribution is -0.143. The van der Waals surface area contributed by atoms with Crippen molar-refractivity contribution in [1.82, 2.24) is 9.88 Å². The molecule has 2 fully saturated rings. The molecule has 0 amide bonds. The number of anilines is 1. The Morgan fingerprint density at radius 1 is 1.08 bits per heavy atom. The highest BCUT2D eigenvalue weighted by molar-refractivity contribution is 5.76. The van der Waals surface area contributed by atoms with E-state index in [0.29, 0.717) is 25.9 Å². The molecule has 2 atom stereocenters. The van der Waals surface area contributed by atoms with Crippen LogP contribution in [-0.2, 0) is 33.7 Å². The molecule has 36 heavy (non-hydrogen) atoms. The van der Waals surface area contributed by atoms with Gasteiger partial charge in [-0.2, -0.15) is 0 Å². The minimum atomic E-state index is -0.806. The zero-order valence-electron chi connectivity index (χ0n) is 21.2. The van der Waals surface area contributed by atoms with Crippen LogP contribution in [0.1, 0.15) is 73.5 Å². The first kappa shape index (κ1) is 25.2. The van der Waals surface area contributed by atoms with E-state index in [2.05, 4.69) is 22.3 Å². The molecule has 1 saturated heterocycles. The van der Waals surface area contributed by atoms with Gasteiger partial charge in [-0.3, -0.25) is 14.7 Å². The molecule has 1 aromatic heterocycles. The first-order valence-electron chi connectivity index (χ1n) is 13.7. The third-order valence-corrected chi connectivity index (χ3v) is 7.77. The number of ether oxygens (including phenoxy) is 2. The van der Waals surface area contributed by atoms with Crippen molar-refractivity contribution in [3.63, 3.8) is 0 Å². The Morgan fingerprint density at radius 2 is 1.97 bits per heavy atom. The van der Waals surface area contributed by atoms with Crippen LogP contribution in [0.2, 0.25) is 0 Å². The lowest BCUT2D eigenvalue weighted by Crippen LogP contribution is -2.34. The highest BCUT2D eigenvalue weighted by Gasteiger charge is 2.35. The van der Waals surface area contributed by atoms with Gasteiger partial charge in [0.1, 0.15) is 6.04 Å². The first-order valence-corrected chi connectivity index (χ1v) is 13.7. The third kappa shape index (κ3) is 6.25. The number of hydrogen-bond acceptors (Lipinski definition) is 6. The van der Waals surface area contributed by atoms with Crippen LogP contribution >= 0.6 is 0 Å². The number of nitrogens with zero attached hydrogens (tertiary/aromatic N) is 2. The number of hydrogen-bond donors (Lipinski definition) is 2. The number of nitrogens with one attached hydrogen (secondary N) is 1. The molecule has 7 nitrogen and oxygen atoms in total. The summed E-state index contributed by atoms with van der Waals surface area (Å²) in [6.07, 6.45) is 9.92. The lowest BCUT2D eigenvalue weighted by Gasteiger charge is -2.28. The second-order valence-corrected chi connectivity index (χ2v) is 10.4. The standard InChI is InChI=1S/C29H39N3O4/c33-29(34)28(25-11-2-1-7-21(25)20-36-23-9-5-10-23)32-17-15-24(19-32)35-18-4-3-8-22-13-14-26-27(31-22)12-6-16-30-26/h1-2,7,11,13-14,23-24,28,30H,3-6,8-10,12,15-20H2,(H,33,34)/t24-,28?/m1/s1. The number of carboxylic acid groups (broad SMARTS) is 1. The third-order valence-electron chi connectivity index (χ3n) is 7.77. The molecule has 1 saturated carbocycles. The first-order chi connectivity index (χ1) is 17.7. The van der Waals surface area contributed by atoms with Crippen molar-refractivity contribution >= 4 is 11.7 Å². The van der Waals surface area contributed by atoms with Crippen LogP contribution in [0.25, 0.3) is 0 Å². The van der Waals surface area contributed by atoms with Crippen LogP contribution < -0.4 is 5.32 Å². The van der Waals surface area contributed by atoms with Crippen molar-refractivity contribution < 1.29 is 19.4 Å². The van der Waals surface area contributed by atoms with Crippen LogP contribution in [0.4, 0.5) is 5.69 Å². The highest BCUT2D eigenvalue weighted by atomic mass is 16.5. The molecule has 5 rings (SSSR count). The van der Waals surface area contributed by atoms with Gasteiger partial charge in [0.15, 0.2) is 0 Å². The second-order valence-electron chi connectivity index (χ2n) is 10.4. The molecule has 1 aromatic carbocycles. The molecule has 194 valence electrons. The summed E-state index contributed by atoms with van der Waals surface area (Å²) < 4.78 is 12.2. The number of carbonyl (C=O) groups is 1. The summed E-state index contributed by atoms with van der Waals surface area (Å²) in [5.41, 5.74) is 5.37. The summed E-state index contributed by atoms with van der Waals surface area (Å²) in [6.45, 7) is 3.60. The SMILES string of the molecule is O=C(O)C(c1ccccc1COC1CCC1)N1CC[C@@H](OCCCCc2ccc3c(n2)CCCN3)C1. The van der Waals surface area contributed by atoms with Crippen LogP contribution in [-0.4, -0.2) is 59.4 Å². The van der Waals surface area contributed by atoms with E-state index in [1.54, 1.807) is 0 Å². The fourth-order valence-corrected chi connectivity index (χ4v) is 5.46. The minimum absolute atomic E-state index is 0.0817. The monoisotopic (exact) mass is 493 g/mol. The number of aromatic nitrogens is 1. The molecule has 0 radical (unpaired) electrons. The lowest BCUT2D eigenvalue weighted by atomic mass is 9.95. The molecular formula is C29H39N3O4. The van der Waals surface area contributed by atoms with E-state index in [1.165, 1.54) is 17.8 Å². The summed E-state index contributed by atoms with van der Waals surface area (Å²) in [7, 11) is 0. The Hall–Kier alpha value is -2.48. The topological polar surface area (TPSA) is 83.9 Å². The van der Waals surface area contributed by atoms with Gasteiger partial charge in [0.25, 0.3) is 0 Å². The molecule has 2 aromatic rings. The molecule has 1 aliphatic carbocycles. The number of benzene rings is 1. The van der Waals surface area contributed by atoms with Crippen molar-refractivity contribution in [1.29, 1.82) is 0 Å². The molecule has 0 spiro atoms. The van der Waals surface area contributed by atoms with Gasteiger partial charge in [-0.25, -0.2) is 0 Å². The quantitative estimate of drug-likeness (QED) is 0.413. The molecule has 7 heteroatoms. The maximum absolute atomic E-state index is 12.3. The highest BCUT2D eigenvalue weighted by Crippen LogP contribution is 2.31. The van der Waals surface area contributed by atoms with Crippen molar-refractivity contribution in [2.24, 2.45) is 0 Å². The number of fused-ring (bicyclic) bond motifs is 1. The van der Waals surface area contributed by atoms with E-state index in [0.717, 1.165) is 81.3 Å². The van der Waals surface area contributed by atoms with Crippen molar-refractivity contribution in [2.45, 2.75) is 82.6 Å². The fraction of sp³-hybridized carbons (Fsp3) is 0.586. The molecular weight excluding hydrogens is 454 g/mol. The van der Waals surface area contributed by atoms with Gasteiger partial charge in [-0.1, -0.05) is 24.3 Å². The van der Waals surface area contributed by atoms with Gasteiger partial charge in [0, 0.05) is 31.9 Å². The zero-order chi connectivity index (χ0) is 24.7. The van der Waals surface area contributed by atoms with E-state index in [9.17, 15) is 9.90 Å². The summed E-state index contributed by atoms with van der Waals surface area (Å²) in [4.78, 5) is 19.2. The predicted octanol–water partition coefficient (Wildman–Crippen LogP) is 4.75. The summed E-state index contributed by atoms with van der Waals surface area (Å²) in [6, 6.07) is 11.5. The minimum Gasteiger partial charge on any atom is -0.480 e. The molecule has 2 N–H and O–H groups in total. The predicted molar refractivity (Wildman–Crippen MR) is 139 cm³/mol. The van der Waals surface area contributed by atoms with Crippen molar-refractivity contribution in [3.05, 3.63) is 58.9 Å². The summed E-state index contributed by atoms with van der Waals surface area (Å²) in [5, 5.41) is 13.5. The largest absolute Gasteiger partial charge is 0.480 e. The average molecular weight is 494 g/mol. The second kappa shape index (κ2) is 12.2. The number of rotatable bonds is 12. The number of carboxylic acids is 1.